The van der Waals surface area contributed by atoms with Crippen LogP contribution in [0.25, 0.3) is 10.2 Å². The van der Waals surface area contributed by atoms with E-state index in [1.54, 1.807) is 11.3 Å². The van der Waals surface area contributed by atoms with E-state index in [1.165, 1.54) is 15.8 Å². The Morgan fingerprint density at radius 3 is 2.50 bits per heavy atom. The molecule has 3 heteroatoms. The van der Waals surface area contributed by atoms with Gasteiger partial charge >= 0.3 is 0 Å². The van der Waals surface area contributed by atoms with Gasteiger partial charge in [-0.1, -0.05) is 38.2 Å². The van der Waals surface area contributed by atoms with Crippen molar-refractivity contribution in [3.63, 3.8) is 0 Å². The molecule has 1 heterocycles. The zero-order valence-corrected chi connectivity index (χ0v) is 11.4. The highest BCUT2D eigenvalue weighted by atomic mass is 32.1. The van der Waals surface area contributed by atoms with Crippen molar-refractivity contribution in [1.82, 2.24) is 4.57 Å². The summed E-state index contributed by atoms with van der Waals surface area (Å²) in [6.07, 6.45) is 0. The van der Waals surface area contributed by atoms with Crippen LogP contribution in [-0.4, -0.2) is 11.6 Å². The standard InChI is InChI=1S/C13H18N2S/c1-13(2,3)9-6-7-10-11(8-9)16-12(14-4)15(10)5/h6-8H,1-5H3/b14-12-. The molecule has 16 heavy (non-hydrogen) atoms. The van der Waals surface area contributed by atoms with Crippen LogP contribution in [0.1, 0.15) is 26.3 Å². The maximum absolute atomic E-state index is 4.28. The summed E-state index contributed by atoms with van der Waals surface area (Å²) in [7, 11) is 3.91. The van der Waals surface area contributed by atoms with Crippen LogP contribution in [0.4, 0.5) is 0 Å². The quantitative estimate of drug-likeness (QED) is 0.666. The predicted molar refractivity (Wildman–Crippen MR) is 71.0 cm³/mol. The van der Waals surface area contributed by atoms with Crippen LogP contribution in [-0.2, 0) is 12.5 Å². The molecule has 0 N–H and O–H groups in total. The molecular weight excluding hydrogens is 216 g/mol. The van der Waals surface area contributed by atoms with E-state index in [2.05, 4.69) is 55.6 Å². The summed E-state index contributed by atoms with van der Waals surface area (Å²) in [6.45, 7) is 6.73. The number of nitrogens with zero attached hydrogens (tertiary/aromatic N) is 2. The third-order valence-corrected chi connectivity index (χ3v) is 4.05. The van der Waals surface area contributed by atoms with E-state index in [1.807, 2.05) is 7.05 Å². The molecular formula is C13H18N2S. The molecule has 1 aromatic heterocycles. The van der Waals surface area contributed by atoms with Gasteiger partial charge in [0.25, 0.3) is 0 Å². The van der Waals surface area contributed by atoms with Gasteiger partial charge < -0.3 is 4.57 Å². The first-order chi connectivity index (χ1) is 7.43. The molecule has 0 aliphatic carbocycles. The van der Waals surface area contributed by atoms with E-state index in [-0.39, 0.29) is 5.41 Å². The number of aromatic nitrogens is 1. The number of thiazole rings is 1. The van der Waals surface area contributed by atoms with Crippen molar-refractivity contribution in [3.8, 4) is 0 Å². The summed E-state index contributed by atoms with van der Waals surface area (Å²) < 4.78 is 3.46. The molecule has 0 aliphatic heterocycles. The summed E-state index contributed by atoms with van der Waals surface area (Å²) in [5.41, 5.74) is 2.85. The summed E-state index contributed by atoms with van der Waals surface area (Å²) >= 11 is 1.75. The lowest BCUT2D eigenvalue weighted by Crippen LogP contribution is -2.11. The molecule has 86 valence electrons. The van der Waals surface area contributed by atoms with Crippen molar-refractivity contribution in [2.24, 2.45) is 12.0 Å². The maximum atomic E-state index is 4.28. The zero-order valence-electron chi connectivity index (χ0n) is 10.5. The third kappa shape index (κ3) is 1.80. The molecule has 1 aromatic carbocycles. The number of hydrogen-bond donors (Lipinski definition) is 0. The Kier molecular flexibility index (Phi) is 2.66. The van der Waals surface area contributed by atoms with Gasteiger partial charge in [-0.05, 0) is 23.1 Å². The molecule has 0 unspecified atom stereocenters. The van der Waals surface area contributed by atoms with E-state index in [9.17, 15) is 0 Å². The summed E-state index contributed by atoms with van der Waals surface area (Å²) in [4.78, 5) is 5.35. The number of fused-ring (bicyclic) bond motifs is 1. The van der Waals surface area contributed by atoms with Crippen LogP contribution in [0.5, 0.6) is 0 Å². The molecule has 0 atom stereocenters. The van der Waals surface area contributed by atoms with Crippen LogP contribution in [0.2, 0.25) is 0 Å². The van der Waals surface area contributed by atoms with Gasteiger partial charge in [0.1, 0.15) is 0 Å². The lowest BCUT2D eigenvalue weighted by Gasteiger charge is -2.18. The maximum Gasteiger partial charge on any atom is 0.185 e. The number of benzene rings is 1. The Labute approximate surface area is 100 Å². The van der Waals surface area contributed by atoms with Crippen molar-refractivity contribution in [1.29, 1.82) is 0 Å². The largest absolute Gasteiger partial charge is 0.320 e. The van der Waals surface area contributed by atoms with E-state index in [0.29, 0.717) is 0 Å². The van der Waals surface area contributed by atoms with Crippen LogP contribution >= 0.6 is 11.3 Å². The molecule has 0 fully saturated rings. The molecule has 0 bridgehead atoms. The van der Waals surface area contributed by atoms with Gasteiger partial charge in [-0.2, -0.15) is 0 Å². The third-order valence-electron chi connectivity index (χ3n) is 2.87. The van der Waals surface area contributed by atoms with Crippen LogP contribution in [0.3, 0.4) is 0 Å². The summed E-state index contributed by atoms with van der Waals surface area (Å²) in [5, 5.41) is 0. The van der Waals surface area contributed by atoms with Crippen LogP contribution in [0.15, 0.2) is 23.2 Å². The van der Waals surface area contributed by atoms with Crippen LogP contribution < -0.4 is 4.80 Å². The monoisotopic (exact) mass is 234 g/mol. The molecule has 0 saturated carbocycles. The Morgan fingerprint density at radius 1 is 1.25 bits per heavy atom. The fourth-order valence-corrected chi connectivity index (χ4v) is 2.82. The Morgan fingerprint density at radius 2 is 1.94 bits per heavy atom. The molecule has 2 rings (SSSR count). The highest BCUT2D eigenvalue weighted by Gasteiger charge is 2.14. The molecule has 0 amide bonds. The normalized spacial score (nSPS) is 13.7. The van der Waals surface area contributed by atoms with Crippen molar-refractivity contribution >= 4 is 21.6 Å². The number of rotatable bonds is 0. The van der Waals surface area contributed by atoms with Gasteiger partial charge in [0.15, 0.2) is 4.80 Å². The minimum absolute atomic E-state index is 0.209. The second-order valence-corrected chi connectivity index (χ2v) is 6.11. The Balaban J connectivity index is 2.74. The van der Waals surface area contributed by atoms with Crippen LogP contribution in [0, 0.1) is 0 Å². The average Bonchev–Trinajstić information content (AvgIpc) is 2.54. The molecule has 0 aliphatic rings. The minimum atomic E-state index is 0.209. The Hall–Kier alpha value is -1.09. The van der Waals surface area contributed by atoms with E-state index < -0.39 is 0 Å². The highest BCUT2D eigenvalue weighted by Crippen LogP contribution is 2.26. The first-order valence-electron chi connectivity index (χ1n) is 5.46. The molecule has 2 nitrogen and oxygen atoms in total. The molecule has 2 aromatic rings. The molecule has 0 saturated heterocycles. The van der Waals surface area contributed by atoms with E-state index in [0.717, 1.165) is 4.80 Å². The summed E-state index contributed by atoms with van der Waals surface area (Å²) in [6, 6.07) is 6.70. The average molecular weight is 234 g/mol. The lowest BCUT2D eigenvalue weighted by molar-refractivity contribution is 0.591. The van der Waals surface area contributed by atoms with E-state index in [4.69, 9.17) is 0 Å². The lowest BCUT2D eigenvalue weighted by atomic mass is 9.87. The zero-order chi connectivity index (χ0) is 11.9. The summed E-state index contributed by atoms with van der Waals surface area (Å²) in [5.74, 6) is 0. The Bertz CT molecular complexity index is 582. The number of hydrogen-bond acceptors (Lipinski definition) is 2. The smallest absolute Gasteiger partial charge is 0.185 e. The topological polar surface area (TPSA) is 17.3 Å². The van der Waals surface area contributed by atoms with Crippen molar-refractivity contribution < 1.29 is 0 Å². The first-order valence-corrected chi connectivity index (χ1v) is 6.28. The molecule has 0 spiro atoms. The SMILES string of the molecule is C/N=c1\sc2cc(C(C)(C)C)ccc2n1C. The van der Waals surface area contributed by atoms with Crippen molar-refractivity contribution in [2.45, 2.75) is 26.2 Å². The van der Waals surface area contributed by atoms with Crippen molar-refractivity contribution in [2.75, 3.05) is 7.05 Å². The predicted octanol–water partition coefficient (Wildman–Crippen LogP) is 3.07. The fraction of sp³-hybridized carbons (Fsp3) is 0.462. The van der Waals surface area contributed by atoms with Gasteiger partial charge in [-0.25, -0.2) is 0 Å². The van der Waals surface area contributed by atoms with Crippen molar-refractivity contribution in [3.05, 3.63) is 28.6 Å². The highest BCUT2D eigenvalue weighted by molar-refractivity contribution is 7.16. The minimum Gasteiger partial charge on any atom is -0.320 e. The van der Waals surface area contributed by atoms with Gasteiger partial charge in [0.05, 0.1) is 10.2 Å². The van der Waals surface area contributed by atoms with E-state index >= 15 is 0 Å². The fourth-order valence-electron chi connectivity index (χ4n) is 1.80. The van der Waals surface area contributed by atoms with Gasteiger partial charge in [-0.15, -0.1) is 0 Å². The number of aryl methyl sites for hydroxylation is 1. The second kappa shape index (κ2) is 3.74. The second-order valence-electron chi connectivity index (χ2n) is 5.10. The first kappa shape index (κ1) is 11.4. The van der Waals surface area contributed by atoms with Gasteiger partial charge in [0.2, 0.25) is 0 Å². The van der Waals surface area contributed by atoms with Gasteiger partial charge in [0, 0.05) is 14.1 Å². The van der Waals surface area contributed by atoms with Gasteiger partial charge in [-0.3, -0.25) is 4.99 Å². The molecule has 0 radical (unpaired) electrons.